The van der Waals surface area contributed by atoms with Crippen LogP contribution in [0.15, 0.2) is 18.2 Å². The van der Waals surface area contributed by atoms with Gasteiger partial charge in [-0.2, -0.15) is 0 Å². The quantitative estimate of drug-likeness (QED) is 0.895. The van der Waals surface area contributed by atoms with Gasteiger partial charge in [-0.15, -0.1) is 0 Å². The maximum atomic E-state index is 12.5. The number of methoxy groups -OCH3 is 1. The van der Waals surface area contributed by atoms with Crippen molar-refractivity contribution in [3.63, 3.8) is 0 Å². The first-order chi connectivity index (χ1) is 9.61. The molecule has 1 amide bonds. The van der Waals surface area contributed by atoms with Crippen LogP contribution < -0.4 is 10.1 Å². The van der Waals surface area contributed by atoms with E-state index in [1.807, 2.05) is 25.1 Å². The highest BCUT2D eigenvalue weighted by Gasteiger charge is 2.21. The summed E-state index contributed by atoms with van der Waals surface area (Å²) in [4.78, 5) is 14.2. The van der Waals surface area contributed by atoms with Crippen molar-refractivity contribution < 1.29 is 14.3 Å². The lowest BCUT2D eigenvalue weighted by atomic mass is 10.1. The monoisotopic (exact) mass is 278 g/mol. The molecule has 1 fully saturated rings. The fraction of sp³-hybridized carbons (Fsp3) is 0.533. The third-order valence-corrected chi connectivity index (χ3v) is 3.41. The minimum absolute atomic E-state index is 0.0419. The number of hydrogen-bond donors (Lipinski definition) is 1. The molecule has 5 nitrogen and oxygen atoms in total. The van der Waals surface area contributed by atoms with Crippen molar-refractivity contribution in [3.05, 3.63) is 29.3 Å². The molecule has 0 aromatic heterocycles. The van der Waals surface area contributed by atoms with Crippen LogP contribution in [-0.4, -0.2) is 57.3 Å². The highest BCUT2D eigenvalue weighted by atomic mass is 16.5. The highest BCUT2D eigenvalue weighted by Crippen LogP contribution is 2.21. The molecule has 5 heteroatoms. The molecular formula is C15H22N2O3. The molecule has 0 bridgehead atoms. The standard InChI is InChI=1S/C15H22N2O3/c1-11-4-5-14(19-3)13(8-11)15(18)17(2)10-12-9-16-6-7-20-12/h4-5,8,12,16H,6-7,9-10H2,1-3H3. The number of nitrogens with one attached hydrogen (secondary N) is 1. The number of hydrogen-bond acceptors (Lipinski definition) is 4. The Morgan fingerprint density at radius 1 is 1.55 bits per heavy atom. The summed E-state index contributed by atoms with van der Waals surface area (Å²) < 4.78 is 10.9. The van der Waals surface area contributed by atoms with Crippen LogP contribution in [0.4, 0.5) is 0 Å². The van der Waals surface area contributed by atoms with Crippen LogP contribution in [0.2, 0.25) is 0 Å². The lowest BCUT2D eigenvalue weighted by Gasteiger charge is -2.28. The summed E-state index contributed by atoms with van der Waals surface area (Å²) in [5.41, 5.74) is 1.64. The molecule has 1 aliphatic heterocycles. The molecule has 0 radical (unpaired) electrons. The zero-order valence-corrected chi connectivity index (χ0v) is 12.3. The van der Waals surface area contributed by atoms with E-state index in [9.17, 15) is 4.79 Å². The molecule has 0 saturated carbocycles. The van der Waals surface area contributed by atoms with Crippen molar-refractivity contribution in [1.29, 1.82) is 0 Å². The van der Waals surface area contributed by atoms with Crippen LogP contribution in [0, 0.1) is 6.92 Å². The Kier molecular flexibility index (Phi) is 4.98. The molecule has 1 aromatic rings. The average molecular weight is 278 g/mol. The third kappa shape index (κ3) is 3.49. The molecule has 0 spiro atoms. The predicted molar refractivity (Wildman–Crippen MR) is 77.3 cm³/mol. The minimum Gasteiger partial charge on any atom is -0.496 e. The molecule has 1 N–H and O–H groups in total. The van der Waals surface area contributed by atoms with E-state index in [4.69, 9.17) is 9.47 Å². The number of ether oxygens (including phenoxy) is 2. The van der Waals surface area contributed by atoms with Crippen LogP contribution in [0.1, 0.15) is 15.9 Å². The van der Waals surface area contributed by atoms with E-state index in [2.05, 4.69) is 5.32 Å². The topological polar surface area (TPSA) is 50.8 Å². The SMILES string of the molecule is COc1ccc(C)cc1C(=O)N(C)CC1CNCCO1. The van der Waals surface area contributed by atoms with Crippen LogP contribution in [-0.2, 0) is 4.74 Å². The van der Waals surface area contributed by atoms with E-state index < -0.39 is 0 Å². The number of benzene rings is 1. The molecule has 1 atom stereocenters. The Morgan fingerprint density at radius 2 is 2.35 bits per heavy atom. The van der Waals surface area contributed by atoms with Crippen molar-refractivity contribution in [1.82, 2.24) is 10.2 Å². The van der Waals surface area contributed by atoms with Gasteiger partial charge >= 0.3 is 0 Å². The second-order valence-corrected chi connectivity index (χ2v) is 5.09. The van der Waals surface area contributed by atoms with E-state index in [0.29, 0.717) is 24.5 Å². The Bertz CT molecular complexity index is 470. The summed E-state index contributed by atoms with van der Waals surface area (Å²) >= 11 is 0. The van der Waals surface area contributed by atoms with Gasteiger partial charge in [-0.25, -0.2) is 0 Å². The third-order valence-electron chi connectivity index (χ3n) is 3.41. The van der Waals surface area contributed by atoms with Crippen molar-refractivity contribution in [2.75, 3.05) is 40.4 Å². The molecule has 1 saturated heterocycles. The molecule has 20 heavy (non-hydrogen) atoms. The molecular weight excluding hydrogens is 256 g/mol. The maximum absolute atomic E-state index is 12.5. The lowest BCUT2D eigenvalue weighted by Crippen LogP contribution is -2.45. The molecule has 1 aliphatic rings. The first-order valence-corrected chi connectivity index (χ1v) is 6.84. The number of amides is 1. The highest BCUT2D eigenvalue weighted by molar-refractivity contribution is 5.97. The normalized spacial score (nSPS) is 18.6. The van der Waals surface area contributed by atoms with Crippen molar-refractivity contribution >= 4 is 5.91 Å². The summed E-state index contributed by atoms with van der Waals surface area (Å²) in [5, 5.41) is 3.26. The predicted octanol–water partition coefficient (Wildman–Crippen LogP) is 1.06. The van der Waals surface area contributed by atoms with Crippen molar-refractivity contribution in [2.45, 2.75) is 13.0 Å². The van der Waals surface area contributed by atoms with Gasteiger partial charge in [-0.05, 0) is 19.1 Å². The summed E-state index contributed by atoms with van der Waals surface area (Å²) in [7, 11) is 3.37. The average Bonchev–Trinajstić information content (AvgIpc) is 2.47. The van der Waals surface area contributed by atoms with Gasteiger partial charge in [-0.3, -0.25) is 4.79 Å². The Hall–Kier alpha value is -1.59. The number of carbonyl (C=O) groups is 1. The summed E-state index contributed by atoms with van der Waals surface area (Å²) in [6.45, 7) is 4.89. The van der Waals surface area contributed by atoms with E-state index in [-0.39, 0.29) is 12.0 Å². The van der Waals surface area contributed by atoms with Gasteiger partial charge in [-0.1, -0.05) is 11.6 Å². The maximum Gasteiger partial charge on any atom is 0.257 e. The number of rotatable bonds is 4. The van der Waals surface area contributed by atoms with Gasteiger partial charge in [0.1, 0.15) is 5.75 Å². The van der Waals surface area contributed by atoms with Crippen LogP contribution in [0.5, 0.6) is 5.75 Å². The fourth-order valence-electron chi connectivity index (χ4n) is 2.32. The zero-order chi connectivity index (χ0) is 14.5. The number of aryl methyl sites for hydroxylation is 1. The van der Waals surface area contributed by atoms with Crippen molar-refractivity contribution in [3.8, 4) is 5.75 Å². The summed E-state index contributed by atoms with van der Waals surface area (Å²) in [6.07, 6.45) is 0.0495. The van der Waals surface area contributed by atoms with Crippen molar-refractivity contribution in [2.24, 2.45) is 0 Å². The number of carbonyl (C=O) groups excluding carboxylic acids is 1. The Morgan fingerprint density at radius 3 is 3.00 bits per heavy atom. The number of morpholine rings is 1. The molecule has 1 aromatic carbocycles. The first-order valence-electron chi connectivity index (χ1n) is 6.84. The van der Waals surface area contributed by atoms with E-state index in [0.717, 1.165) is 18.7 Å². The zero-order valence-electron chi connectivity index (χ0n) is 12.3. The number of nitrogens with zero attached hydrogens (tertiary/aromatic N) is 1. The van der Waals surface area contributed by atoms with Crippen LogP contribution in [0.25, 0.3) is 0 Å². The van der Waals surface area contributed by atoms with E-state index in [1.54, 1.807) is 19.1 Å². The smallest absolute Gasteiger partial charge is 0.257 e. The number of likely N-dealkylation sites (N-methyl/N-ethyl adjacent to an activating group) is 1. The Balaban J connectivity index is 2.07. The molecule has 1 unspecified atom stereocenters. The molecule has 1 heterocycles. The van der Waals surface area contributed by atoms with Crippen LogP contribution in [0.3, 0.4) is 0 Å². The second-order valence-electron chi connectivity index (χ2n) is 5.09. The van der Waals surface area contributed by atoms with Gasteiger partial charge in [0.2, 0.25) is 0 Å². The Labute approximate surface area is 119 Å². The molecule has 2 rings (SSSR count). The van der Waals surface area contributed by atoms with Gasteiger partial charge in [0.15, 0.2) is 0 Å². The molecule has 0 aliphatic carbocycles. The van der Waals surface area contributed by atoms with Gasteiger partial charge in [0.25, 0.3) is 5.91 Å². The lowest BCUT2D eigenvalue weighted by molar-refractivity contribution is 0.0103. The van der Waals surface area contributed by atoms with Gasteiger partial charge in [0, 0.05) is 26.7 Å². The van der Waals surface area contributed by atoms with E-state index in [1.165, 1.54) is 0 Å². The summed E-state index contributed by atoms with van der Waals surface area (Å²) in [5.74, 6) is 0.565. The van der Waals surface area contributed by atoms with Gasteiger partial charge in [0.05, 0.1) is 25.4 Å². The molecule has 110 valence electrons. The van der Waals surface area contributed by atoms with Crippen LogP contribution >= 0.6 is 0 Å². The first kappa shape index (κ1) is 14.8. The second kappa shape index (κ2) is 6.72. The van der Waals surface area contributed by atoms with E-state index >= 15 is 0 Å². The minimum atomic E-state index is -0.0419. The van der Waals surface area contributed by atoms with Gasteiger partial charge < -0.3 is 19.7 Å². The fourth-order valence-corrected chi connectivity index (χ4v) is 2.32. The summed E-state index contributed by atoms with van der Waals surface area (Å²) in [6, 6.07) is 5.62. The largest absolute Gasteiger partial charge is 0.496 e.